The van der Waals surface area contributed by atoms with E-state index < -0.39 is 21.0 Å². The Labute approximate surface area is 176 Å². The molecule has 1 N–H and O–H groups in total. The van der Waals surface area contributed by atoms with Crippen LogP contribution < -0.4 is 10.1 Å². The SMILES string of the molecule is CC(C)CCc1nc(CS(=O)(=O)[C@@H](C)C(=O)N[C@H]2CCOc3ccccc32)cs1. The minimum Gasteiger partial charge on any atom is -0.493 e. The van der Waals surface area contributed by atoms with Crippen molar-refractivity contribution >= 4 is 27.1 Å². The molecule has 1 aliphatic rings. The molecule has 0 bridgehead atoms. The van der Waals surface area contributed by atoms with Gasteiger partial charge in [-0.2, -0.15) is 0 Å². The maximum atomic E-state index is 12.8. The van der Waals surface area contributed by atoms with E-state index in [-0.39, 0.29) is 11.8 Å². The Morgan fingerprint density at radius 2 is 2.07 bits per heavy atom. The zero-order valence-electron chi connectivity index (χ0n) is 17.1. The summed E-state index contributed by atoms with van der Waals surface area (Å²) in [5.41, 5.74) is 1.40. The van der Waals surface area contributed by atoms with Crippen LogP contribution in [0.15, 0.2) is 29.6 Å². The van der Waals surface area contributed by atoms with Gasteiger partial charge in [0.1, 0.15) is 11.0 Å². The fraction of sp³-hybridized carbons (Fsp3) is 0.524. The Bertz CT molecular complexity index is 953. The first-order valence-electron chi connectivity index (χ1n) is 9.93. The number of benzene rings is 1. The van der Waals surface area contributed by atoms with Crippen LogP contribution in [-0.4, -0.2) is 31.2 Å². The molecule has 1 aromatic heterocycles. The molecule has 8 heteroatoms. The molecule has 158 valence electrons. The molecule has 2 aromatic rings. The smallest absolute Gasteiger partial charge is 0.238 e. The summed E-state index contributed by atoms with van der Waals surface area (Å²) in [5.74, 6) is 0.604. The number of carbonyl (C=O) groups is 1. The standard InChI is InChI=1S/C21H28N2O4S2/c1-14(2)8-9-20-22-16(12-28-20)13-29(25,26)15(3)21(24)23-18-10-11-27-19-7-5-4-6-17(18)19/h4-7,12,14-15,18H,8-11,13H2,1-3H3,(H,23,24)/t15-,18-/m0/s1. The van der Waals surface area contributed by atoms with E-state index in [9.17, 15) is 13.2 Å². The molecule has 29 heavy (non-hydrogen) atoms. The normalized spacial score (nSPS) is 17.4. The van der Waals surface area contributed by atoms with E-state index in [1.807, 2.05) is 24.3 Å². The number of ether oxygens (including phenoxy) is 1. The van der Waals surface area contributed by atoms with Gasteiger partial charge < -0.3 is 10.1 Å². The van der Waals surface area contributed by atoms with Crippen molar-refractivity contribution in [3.63, 3.8) is 0 Å². The van der Waals surface area contributed by atoms with Crippen molar-refractivity contribution in [1.82, 2.24) is 10.3 Å². The third kappa shape index (κ3) is 5.57. The third-order valence-corrected chi connectivity index (χ3v) is 8.01. The number of rotatable bonds is 8. The van der Waals surface area contributed by atoms with Crippen molar-refractivity contribution in [2.45, 2.75) is 57.1 Å². The number of aromatic nitrogens is 1. The van der Waals surface area contributed by atoms with E-state index in [2.05, 4.69) is 24.1 Å². The molecule has 6 nitrogen and oxygen atoms in total. The minimum atomic E-state index is -3.66. The quantitative estimate of drug-likeness (QED) is 0.682. The number of nitrogens with one attached hydrogen (secondary N) is 1. The number of nitrogens with zero attached hydrogens (tertiary/aromatic N) is 1. The number of hydrogen-bond donors (Lipinski definition) is 1. The van der Waals surface area contributed by atoms with Gasteiger partial charge >= 0.3 is 0 Å². The topological polar surface area (TPSA) is 85.4 Å². The van der Waals surface area contributed by atoms with Gasteiger partial charge in [-0.25, -0.2) is 13.4 Å². The van der Waals surface area contributed by atoms with Gasteiger partial charge in [-0.05, 0) is 31.7 Å². The fourth-order valence-electron chi connectivity index (χ4n) is 3.22. The van der Waals surface area contributed by atoms with Crippen LogP contribution in [0.2, 0.25) is 0 Å². The van der Waals surface area contributed by atoms with E-state index in [4.69, 9.17) is 4.74 Å². The lowest BCUT2D eigenvalue weighted by Gasteiger charge is -2.27. The van der Waals surface area contributed by atoms with Crippen LogP contribution in [0.25, 0.3) is 0 Å². The van der Waals surface area contributed by atoms with Gasteiger partial charge in [0, 0.05) is 17.4 Å². The highest BCUT2D eigenvalue weighted by molar-refractivity contribution is 7.92. The predicted octanol–water partition coefficient (Wildman–Crippen LogP) is 3.68. The largest absolute Gasteiger partial charge is 0.493 e. The molecule has 0 saturated carbocycles. The fourth-order valence-corrected chi connectivity index (χ4v) is 5.34. The number of amides is 1. The summed E-state index contributed by atoms with van der Waals surface area (Å²) in [6.07, 6.45) is 2.48. The first-order chi connectivity index (χ1) is 13.8. The Morgan fingerprint density at radius 1 is 1.31 bits per heavy atom. The molecule has 0 saturated heterocycles. The summed E-state index contributed by atoms with van der Waals surface area (Å²) in [7, 11) is -3.66. The van der Waals surface area contributed by atoms with Gasteiger partial charge in [-0.1, -0.05) is 32.0 Å². The molecule has 1 amide bonds. The number of para-hydroxylation sites is 1. The van der Waals surface area contributed by atoms with Crippen LogP contribution in [-0.2, 0) is 26.8 Å². The molecule has 0 spiro atoms. The van der Waals surface area contributed by atoms with Crippen molar-refractivity contribution in [2.24, 2.45) is 5.92 Å². The maximum absolute atomic E-state index is 12.8. The molecule has 0 radical (unpaired) electrons. The third-order valence-electron chi connectivity index (χ3n) is 5.07. The molecular formula is C21H28N2O4S2. The second-order valence-corrected chi connectivity index (χ2v) is 11.1. The molecule has 0 aliphatic carbocycles. The molecule has 0 unspecified atom stereocenters. The Balaban J connectivity index is 1.63. The second kappa shape index (κ2) is 9.26. The monoisotopic (exact) mass is 436 g/mol. The average molecular weight is 437 g/mol. The molecule has 1 aliphatic heterocycles. The Morgan fingerprint density at radius 3 is 2.83 bits per heavy atom. The molecule has 2 atom stereocenters. The lowest BCUT2D eigenvalue weighted by atomic mass is 10.0. The zero-order valence-corrected chi connectivity index (χ0v) is 18.7. The van der Waals surface area contributed by atoms with Gasteiger partial charge in [-0.3, -0.25) is 4.79 Å². The van der Waals surface area contributed by atoms with Gasteiger partial charge in [0.05, 0.1) is 29.1 Å². The van der Waals surface area contributed by atoms with Crippen molar-refractivity contribution in [3.8, 4) is 5.75 Å². The zero-order chi connectivity index (χ0) is 21.0. The molecule has 2 heterocycles. The summed E-state index contributed by atoms with van der Waals surface area (Å²) in [6, 6.07) is 7.26. The number of hydrogen-bond acceptors (Lipinski definition) is 6. The highest BCUT2D eigenvalue weighted by Crippen LogP contribution is 2.31. The lowest BCUT2D eigenvalue weighted by molar-refractivity contribution is -0.121. The van der Waals surface area contributed by atoms with Crippen LogP contribution in [0.1, 0.15) is 55.9 Å². The van der Waals surface area contributed by atoms with E-state index in [1.54, 1.807) is 5.38 Å². The van der Waals surface area contributed by atoms with E-state index >= 15 is 0 Å². The number of fused-ring (bicyclic) bond motifs is 1. The van der Waals surface area contributed by atoms with Gasteiger partial charge in [0.15, 0.2) is 9.84 Å². The molecule has 0 fully saturated rings. The highest BCUT2D eigenvalue weighted by Gasteiger charge is 2.32. The average Bonchev–Trinajstić information content (AvgIpc) is 3.12. The van der Waals surface area contributed by atoms with Crippen LogP contribution in [0.5, 0.6) is 5.75 Å². The molecule has 3 rings (SSSR count). The summed E-state index contributed by atoms with van der Waals surface area (Å²) < 4.78 is 31.2. The van der Waals surface area contributed by atoms with E-state index in [0.29, 0.717) is 24.6 Å². The Hall–Kier alpha value is -1.93. The van der Waals surface area contributed by atoms with E-state index in [1.165, 1.54) is 18.3 Å². The summed E-state index contributed by atoms with van der Waals surface area (Å²) >= 11 is 1.48. The van der Waals surface area contributed by atoms with Crippen LogP contribution in [0, 0.1) is 5.92 Å². The lowest BCUT2D eigenvalue weighted by Crippen LogP contribution is -2.41. The molecule has 1 aromatic carbocycles. The number of aryl methyl sites for hydroxylation is 1. The summed E-state index contributed by atoms with van der Waals surface area (Å²) in [4.78, 5) is 17.1. The van der Waals surface area contributed by atoms with Gasteiger partial charge in [0.2, 0.25) is 5.91 Å². The van der Waals surface area contributed by atoms with Crippen molar-refractivity contribution in [2.75, 3.05) is 6.61 Å². The van der Waals surface area contributed by atoms with Gasteiger partial charge in [0.25, 0.3) is 0 Å². The highest BCUT2D eigenvalue weighted by atomic mass is 32.2. The maximum Gasteiger partial charge on any atom is 0.238 e. The van der Waals surface area contributed by atoms with Crippen LogP contribution >= 0.6 is 11.3 Å². The van der Waals surface area contributed by atoms with Crippen molar-refractivity contribution < 1.29 is 17.9 Å². The predicted molar refractivity (Wildman–Crippen MR) is 115 cm³/mol. The first-order valence-corrected chi connectivity index (χ1v) is 12.5. The van der Waals surface area contributed by atoms with E-state index in [0.717, 1.165) is 29.2 Å². The molecular weight excluding hydrogens is 408 g/mol. The second-order valence-electron chi connectivity index (χ2n) is 7.85. The first kappa shape index (κ1) is 21.8. The van der Waals surface area contributed by atoms with Crippen molar-refractivity contribution in [3.05, 3.63) is 45.9 Å². The number of thiazole rings is 1. The minimum absolute atomic E-state index is 0.218. The Kier molecular flexibility index (Phi) is 6.95. The summed E-state index contributed by atoms with van der Waals surface area (Å²) in [5, 5.41) is 4.48. The number of carbonyl (C=O) groups excluding carboxylic acids is 1. The van der Waals surface area contributed by atoms with Gasteiger partial charge in [-0.15, -0.1) is 11.3 Å². The van der Waals surface area contributed by atoms with Crippen LogP contribution in [0.3, 0.4) is 0 Å². The van der Waals surface area contributed by atoms with Crippen LogP contribution in [0.4, 0.5) is 0 Å². The summed E-state index contributed by atoms with van der Waals surface area (Å²) in [6.45, 7) is 6.23. The van der Waals surface area contributed by atoms with Crippen molar-refractivity contribution in [1.29, 1.82) is 0 Å². The number of sulfone groups is 1.